The minimum absolute atomic E-state index is 0.0262. The van der Waals surface area contributed by atoms with Crippen molar-refractivity contribution in [1.29, 1.82) is 0 Å². The SMILES string of the molecule is CC(C)=CCN(c1ccc(OCc2ccccc2)cc1)C1CCN(C(=O)C2CN(C(C)C)CCN2CCC(C)C)CC1. The van der Waals surface area contributed by atoms with Gasteiger partial charge in [-0.1, -0.05) is 55.8 Å². The molecule has 0 saturated carbocycles. The Morgan fingerprint density at radius 2 is 1.64 bits per heavy atom. The van der Waals surface area contributed by atoms with Gasteiger partial charge in [0.25, 0.3) is 0 Å². The minimum atomic E-state index is -0.0262. The third-order valence-corrected chi connectivity index (χ3v) is 8.86. The Labute approximate surface area is 255 Å². The molecule has 2 aliphatic rings. The predicted octanol–water partition coefficient (Wildman–Crippen LogP) is 6.47. The van der Waals surface area contributed by atoms with Crippen LogP contribution in [0.25, 0.3) is 0 Å². The molecule has 6 heteroatoms. The van der Waals surface area contributed by atoms with Crippen LogP contribution in [0.2, 0.25) is 0 Å². The van der Waals surface area contributed by atoms with E-state index in [0.717, 1.165) is 70.8 Å². The molecule has 1 atom stereocenters. The van der Waals surface area contributed by atoms with E-state index in [9.17, 15) is 4.79 Å². The Morgan fingerprint density at radius 1 is 0.952 bits per heavy atom. The summed E-state index contributed by atoms with van der Waals surface area (Å²) in [5.74, 6) is 1.87. The highest BCUT2D eigenvalue weighted by Crippen LogP contribution is 2.27. The number of allylic oxidation sites excluding steroid dienone is 1. The van der Waals surface area contributed by atoms with Crippen molar-refractivity contribution in [2.45, 2.75) is 85.5 Å². The van der Waals surface area contributed by atoms with E-state index in [2.05, 4.69) is 104 Å². The van der Waals surface area contributed by atoms with Gasteiger partial charge in [-0.15, -0.1) is 0 Å². The van der Waals surface area contributed by atoms with Gasteiger partial charge < -0.3 is 14.5 Å². The molecule has 1 unspecified atom stereocenters. The Balaban J connectivity index is 1.39. The summed E-state index contributed by atoms with van der Waals surface area (Å²) in [6.07, 6.45) is 5.43. The average Bonchev–Trinajstić information content (AvgIpc) is 3.00. The van der Waals surface area contributed by atoms with Crippen molar-refractivity contribution in [2.24, 2.45) is 5.92 Å². The second-order valence-corrected chi connectivity index (χ2v) is 13.1. The molecule has 2 aromatic rings. The van der Waals surface area contributed by atoms with Gasteiger partial charge >= 0.3 is 0 Å². The summed E-state index contributed by atoms with van der Waals surface area (Å²) in [5, 5.41) is 0. The van der Waals surface area contributed by atoms with Gasteiger partial charge in [0.2, 0.25) is 5.91 Å². The van der Waals surface area contributed by atoms with Crippen LogP contribution >= 0.6 is 0 Å². The molecule has 0 bridgehead atoms. The molecule has 42 heavy (non-hydrogen) atoms. The molecule has 230 valence electrons. The van der Waals surface area contributed by atoms with Crippen LogP contribution in [0.1, 0.15) is 66.4 Å². The number of piperidine rings is 1. The normalized spacial score (nSPS) is 18.9. The lowest BCUT2D eigenvalue weighted by Gasteiger charge is -2.45. The lowest BCUT2D eigenvalue weighted by Crippen LogP contribution is -2.62. The summed E-state index contributed by atoms with van der Waals surface area (Å²) in [6, 6.07) is 19.7. The number of piperazine rings is 1. The van der Waals surface area contributed by atoms with Crippen molar-refractivity contribution in [3.63, 3.8) is 0 Å². The van der Waals surface area contributed by atoms with Gasteiger partial charge in [0.1, 0.15) is 18.4 Å². The number of carbonyl (C=O) groups is 1. The molecule has 2 heterocycles. The van der Waals surface area contributed by atoms with Gasteiger partial charge in [-0.05, 0) is 89.2 Å². The van der Waals surface area contributed by atoms with Crippen LogP contribution in [0.15, 0.2) is 66.2 Å². The van der Waals surface area contributed by atoms with Crippen molar-refractivity contribution in [3.05, 3.63) is 71.8 Å². The second-order valence-electron chi connectivity index (χ2n) is 13.1. The van der Waals surface area contributed by atoms with Crippen molar-refractivity contribution < 1.29 is 9.53 Å². The largest absolute Gasteiger partial charge is 0.489 e. The van der Waals surface area contributed by atoms with Crippen LogP contribution in [0, 0.1) is 5.92 Å². The number of hydrogen-bond acceptors (Lipinski definition) is 5. The molecule has 2 aromatic carbocycles. The molecule has 4 rings (SSSR count). The predicted molar refractivity (Wildman–Crippen MR) is 175 cm³/mol. The summed E-state index contributed by atoms with van der Waals surface area (Å²) in [7, 11) is 0. The van der Waals surface area contributed by atoms with Crippen LogP contribution in [0.4, 0.5) is 5.69 Å². The van der Waals surface area contributed by atoms with Crippen LogP contribution in [-0.4, -0.2) is 84.5 Å². The van der Waals surface area contributed by atoms with Crippen molar-refractivity contribution in [1.82, 2.24) is 14.7 Å². The first-order valence-corrected chi connectivity index (χ1v) is 16.1. The third kappa shape index (κ3) is 9.08. The van der Waals surface area contributed by atoms with E-state index in [0.29, 0.717) is 30.5 Å². The maximum Gasteiger partial charge on any atom is 0.241 e. The molecular weight excluding hydrogens is 520 g/mol. The Morgan fingerprint density at radius 3 is 2.26 bits per heavy atom. The summed E-state index contributed by atoms with van der Waals surface area (Å²) in [6.45, 7) is 20.4. The maximum atomic E-state index is 14.0. The maximum absolute atomic E-state index is 14.0. The minimum Gasteiger partial charge on any atom is -0.489 e. The van der Waals surface area contributed by atoms with Gasteiger partial charge in [-0.2, -0.15) is 0 Å². The van der Waals surface area contributed by atoms with E-state index in [-0.39, 0.29) is 6.04 Å². The number of likely N-dealkylation sites (tertiary alicyclic amines) is 1. The molecule has 2 saturated heterocycles. The van der Waals surface area contributed by atoms with Crippen molar-refractivity contribution in [2.75, 3.05) is 50.7 Å². The lowest BCUT2D eigenvalue weighted by molar-refractivity contribution is -0.141. The smallest absolute Gasteiger partial charge is 0.241 e. The van der Waals surface area contributed by atoms with Gasteiger partial charge in [0.15, 0.2) is 0 Å². The van der Waals surface area contributed by atoms with Gasteiger partial charge in [-0.25, -0.2) is 0 Å². The summed E-state index contributed by atoms with van der Waals surface area (Å²) in [5.41, 5.74) is 3.70. The van der Waals surface area contributed by atoms with E-state index in [1.807, 2.05) is 18.2 Å². The average molecular weight is 575 g/mol. The summed E-state index contributed by atoms with van der Waals surface area (Å²) < 4.78 is 6.05. The van der Waals surface area contributed by atoms with Crippen LogP contribution < -0.4 is 9.64 Å². The van der Waals surface area contributed by atoms with E-state index in [1.165, 1.54) is 16.8 Å². The summed E-state index contributed by atoms with van der Waals surface area (Å²) >= 11 is 0. The van der Waals surface area contributed by atoms with Crippen molar-refractivity contribution in [3.8, 4) is 5.75 Å². The summed E-state index contributed by atoms with van der Waals surface area (Å²) in [4.78, 5) is 23.6. The first kappa shape index (κ1) is 32.1. The lowest BCUT2D eigenvalue weighted by atomic mass is 9.99. The monoisotopic (exact) mass is 574 g/mol. The number of hydrogen-bond donors (Lipinski definition) is 0. The number of carbonyl (C=O) groups excluding carboxylic acids is 1. The molecule has 0 N–H and O–H groups in total. The molecule has 0 radical (unpaired) electrons. The van der Waals surface area contributed by atoms with E-state index in [4.69, 9.17) is 4.74 Å². The Bertz CT molecular complexity index is 1120. The van der Waals surface area contributed by atoms with Crippen molar-refractivity contribution >= 4 is 11.6 Å². The molecular formula is C36H54N4O2. The zero-order chi connectivity index (χ0) is 30.1. The molecule has 2 fully saturated rings. The zero-order valence-electron chi connectivity index (χ0n) is 27.0. The van der Waals surface area contributed by atoms with Crippen LogP contribution in [0.5, 0.6) is 5.75 Å². The second kappa shape index (κ2) is 15.6. The van der Waals surface area contributed by atoms with Crippen LogP contribution in [0.3, 0.4) is 0 Å². The van der Waals surface area contributed by atoms with E-state index >= 15 is 0 Å². The van der Waals surface area contributed by atoms with Gasteiger partial charge in [0, 0.05) is 57.0 Å². The Kier molecular flexibility index (Phi) is 11.9. The first-order chi connectivity index (χ1) is 20.2. The number of anilines is 1. The molecule has 0 aliphatic carbocycles. The molecule has 0 spiro atoms. The number of benzene rings is 2. The molecule has 2 aliphatic heterocycles. The molecule has 6 nitrogen and oxygen atoms in total. The number of nitrogens with zero attached hydrogens (tertiary/aromatic N) is 4. The highest BCUT2D eigenvalue weighted by atomic mass is 16.5. The van der Waals surface area contributed by atoms with Crippen LogP contribution in [-0.2, 0) is 11.4 Å². The van der Waals surface area contributed by atoms with Gasteiger partial charge in [-0.3, -0.25) is 14.6 Å². The number of rotatable bonds is 12. The topological polar surface area (TPSA) is 39.3 Å². The third-order valence-electron chi connectivity index (χ3n) is 8.86. The fourth-order valence-electron chi connectivity index (χ4n) is 6.07. The first-order valence-electron chi connectivity index (χ1n) is 16.1. The Hall–Kier alpha value is -2.83. The fourth-order valence-corrected chi connectivity index (χ4v) is 6.07. The number of amides is 1. The zero-order valence-corrected chi connectivity index (χ0v) is 27.0. The quantitative estimate of drug-likeness (QED) is 0.272. The standard InChI is InChI=1S/C36H54N4O2/c1-28(2)16-20-37-24-25-39(30(5)6)26-35(37)36(41)38-21-18-33(19-22-38)40(23-17-29(3)4)32-12-14-34(15-13-32)42-27-31-10-8-7-9-11-31/h7-15,17,28,30,33,35H,16,18-27H2,1-6H3. The highest BCUT2D eigenvalue weighted by Gasteiger charge is 2.37. The highest BCUT2D eigenvalue weighted by molar-refractivity contribution is 5.82. The number of ether oxygens (including phenoxy) is 1. The molecule has 0 aromatic heterocycles. The fraction of sp³-hybridized carbons (Fsp3) is 0.583. The van der Waals surface area contributed by atoms with E-state index < -0.39 is 0 Å². The van der Waals surface area contributed by atoms with Gasteiger partial charge in [0.05, 0.1) is 0 Å². The molecule has 1 amide bonds. The van der Waals surface area contributed by atoms with E-state index in [1.54, 1.807) is 0 Å².